The number of nitrogens with two attached hydrogens (primary N) is 1. The molecule has 1 heterocycles. The minimum absolute atomic E-state index is 0.146. The zero-order valence-electron chi connectivity index (χ0n) is 10.5. The molecule has 1 atom stereocenters. The molecule has 0 aliphatic rings. The van der Waals surface area contributed by atoms with Crippen LogP contribution in [0.5, 0.6) is 0 Å². The number of rotatable bonds is 5. The minimum atomic E-state index is -1.10. The standard InChI is InChI=1S/C13H18N4O/c1-2-17-12(15-10-16-17)8-13(18,9-14)11-6-4-3-5-7-11/h3-7,10,18H,2,8-9,14H2,1H3. The van der Waals surface area contributed by atoms with E-state index < -0.39 is 5.60 Å². The summed E-state index contributed by atoms with van der Waals surface area (Å²) < 4.78 is 1.77. The third kappa shape index (κ3) is 2.42. The SMILES string of the molecule is CCn1ncnc1CC(O)(CN)c1ccccc1. The van der Waals surface area contributed by atoms with Gasteiger partial charge in [-0.05, 0) is 12.5 Å². The van der Waals surface area contributed by atoms with Crippen LogP contribution in [0.3, 0.4) is 0 Å². The van der Waals surface area contributed by atoms with Crippen LogP contribution in [0.4, 0.5) is 0 Å². The molecule has 1 aromatic heterocycles. The number of benzene rings is 1. The third-order valence-corrected chi connectivity index (χ3v) is 3.09. The van der Waals surface area contributed by atoms with Gasteiger partial charge in [-0.15, -0.1) is 0 Å². The van der Waals surface area contributed by atoms with E-state index in [1.54, 1.807) is 4.68 Å². The summed E-state index contributed by atoms with van der Waals surface area (Å²) in [5, 5.41) is 14.8. The van der Waals surface area contributed by atoms with Crippen LogP contribution in [0.25, 0.3) is 0 Å². The highest BCUT2D eigenvalue weighted by molar-refractivity contribution is 5.24. The molecule has 1 unspecified atom stereocenters. The van der Waals surface area contributed by atoms with E-state index in [1.807, 2.05) is 37.3 Å². The Bertz CT molecular complexity index is 497. The predicted octanol–water partition coefficient (Wildman–Crippen LogP) is 0.687. The smallest absolute Gasteiger partial charge is 0.138 e. The van der Waals surface area contributed by atoms with Gasteiger partial charge in [0.25, 0.3) is 0 Å². The van der Waals surface area contributed by atoms with Crippen LogP contribution in [0.1, 0.15) is 18.3 Å². The molecule has 0 saturated carbocycles. The van der Waals surface area contributed by atoms with Crippen LogP contribution in [0.2, 0.25) is 0 Å². The molecule has 18 heavy (non-hydrogen) atoms. The zero-order chi connectivity index (χ0) is 13.0. The lowest BCUT2D eigenvalue weighted by atomic mass is 9.90. The molecule has 0 spiro atoms. The lowest BCUT2D eigenvalue weighted by Gasteiger charge is -2.26. The quantitative estimate of drug-likeness (QED) is 0.813. The van der Waals surface area contributed by atoms with Gasteiger partial charge in [0, 0.05) is 19.5 Å². The van der Waals surface area contributed by atoms with Crippen molar-refractivity contribution < 1.29 is 5.11 Å². The summed E-state index contributed by atoms with van der Waals surface area (Å²) in [7, 11) is 0. The van der Waals surface area contributed by atoms with Crippen LogP contribution >= 0.6 is 0 Å². The summed E-state index contributed by atoms with van der Waals surface area (Å²) in [6, 6.07) is 9.44. The molecule has 0 amide bonds. The largest absolute Gasteiger partial charge is 0.383 e. The Morgan fingerprint density at radius 2 is 2.06 bits per heavy atom. The van der Waals surface area contributed by atoms with Gasteiger partial charge >= 0.3 is 0 Å². The van der Waals surface area contributed by atoms with Gasteiger partial charge in [-0.25, -0.2) is 4.98 Å². The maximum Gasteiger partial charge on any atom is 0.138 e. The van der Waals surface area contributed by atoms with E-state index in [2.05, 4.69) is 10.1 Å². The van der Waals surface area contributed by atoms with Crippen LogP contribution < -0.4 is 5.73 Å². The highest BCUT2D eigenvalue weighted by Gasteiger charge is 2.29. The summed E-state index contributed by atoms with van der Waals surface area (Å²) in [5.41, 5.74) is 5.45. The van der Waals surface area contributed by atoms with Crippen LogP contribution in [-0.2, 0) is 18.6 Å². The number of hydrogen-bond acceptors (Lipinski definition) is 4. The fraction of sp³-hybridized carbons (Fsp3) is 0.385. The summed E-state index contributed by atoms with van der Waals surface area (Å²) in [6.45, 7) is 2.86. The highest BCUT2D eigenvalue weighted by atomic mass is 16.3. The van der Waals surface area contributed by atoms with E-state index in [-0.39, 0.29) is 6.54 Å². The Kier molecular flexibility index (Phi) is 3.74. The molecule has 5 nitrogen and oxygen atoms in total. The predicted molar refractivity (Wildman–Crippen MR) is 68.8 cm³/mol. The maximum atomic E-state index is 10.7. The Hall–Kier alpha value is -1.72. The van der Waals surface area contributed by atoms with Crippen molar-refractivity contribution in [1.29, 1.82) is 0 Å². The summed E-state index contributed by atoms with van der Waals surface area (Å²) in [4.78, 5) is 4.18. The van der Waals surface area contributed by atoms with E-state index in [9.17, 15) is 5.11 Å². The molecular formula is C13H18N4O. The molecule has 0 aliphatic carbocycles. The second-order valence-corrected chi connectivity index (χ2v) is 4.27. The Morgan fingerprint density at radius 1 is 1.33 bits per heavy atom. The van der Waals surface area contributed by atoms with Crippen molar-refractivity contribution in [1.82, 2.24) is 14.8 Å². The normalized spacial score (nSPS) is 14.4. The summed E-state index contributed by atoms with van der Waals surface area (Å²) in [5.74, 6) is 0.745. The second kappa shape index (κ2) is 5.29. The molecule has 2 rings (SSSR count). The summed E-state index contributed by atoms with van der Waals surface area (Å²) >= 11 is 0. The molecule has 5 heteroatoms. The van der Waals surface area contributed by atoms with Gasteiger partial charge < -0.3 is 10.8 Å². The lowest BCUT2D eigenvalue weighted by molar-refractivity contribution is 0.0431. The first kappa shape index (κ1) is 12.7. The van der Waals surface area contributed by atoms with Gasteiger partial charge in [0.15, 0.2) is 0 Å². The molecule has 3 N–H and O–H groups in total. The molecule has 2 aromatic rings. The van der Waals surface area contributed by atoms with E-state index in [4.69, 9.17) is 5.73 Å². The fourth-order valence-corrected chi connectivity index (χ4v) is 1.99. The first-order chi connectivity index (χ1) is 8.69. The maximum absolute atomic E-state index is 10.7. The van der Waals surface area contributed by atoms with Gasteiger partial charge in [0.2, 0.25) is 0 Å². The summed E-state index contributed by atoms with van der Waals surface area (Å²) in [6.07, 6.45) is 1.86. The number of aliphatic hydroxyl groups is 1. The molecule has 0 aliphatic heterocycles. The minimum Gasteiger partial charge on any atom is -0.383 e. The molecule has 0 fully saturated rings. The van der Waals surface area contributed by atoms with Crippen LogP contribution in [0.15, 0.2) is 36.7 Å². The zero-order valence-corrected chi connectivity index (χ0v) is 10.5. The van der Waals surface area contributed by atoms with Crippen molar-refractivity contribution in [3.05, 3.63) is 48.0 Å². The Balaban J connectivity index is 2.29. The van der Waals surface area contributed by atoms with Gasteiger partial charge in [-0.1, -0.05) is 30.3 Å². The Labute approximate surface area is 106 Å². The van der Waals surface area contributed by atoms with Crippen molar-refractivity contribution in [3.63, 3.8) is 0 Å². The number of aryl methyl sites for hydroxylation is 1. The van der Waals surface area contributed by atoms with Crippen molar-refractivity contribution in [3.8, 4) is 0 Å². The first-order valence-corrected chi connectivity index (χ1v) is 6.04. The number of aromatic nitrogens is 3. The molecule has 0 saturated heterocycles. The van der Waals surface area contributed by atoms with Gasteiger partial charge in [0.05, 0.1) is 0 Å². The fourth-order valence-electron chi connectivity index (χ4n) is 1.99. The van der Waals surface area contributed by atoms with Gasteiger partial charge in [0.1, 0.15) is 17.8 Å². The van der Waals surface area contributed by atoms with E-state index >= 15 is 0 Å². The number of hydrogen-bond donors (Lipinski definition) is 2. The van der Waals surface area contributed by atoms with Crippen molar-refractivity contribution in [2.75, 3.05) is 6.54 Å². The average molecular weight is 246 g/mol. The van der Waals surface area contributed by atoms with Crippen LogP contribution in [-0.4, -0.2) is 26.4 Å². The van der Waals surface area contributed by atoms with E-state index in [1.165, 1.54) is 6.33 Å². The molecule has 0 radical (unpaired) electrons. The Morgan fingerprint density at radius 3 is 2.67 bits per heavy atom. The molecule has 1 aromatic carbocycles. The van der Waals surface area contributed by atoms with Crippen LogP contribution in [0, 0.1) is 0 Å². The monoisotopic (exact) mass is 246 g/mol. The lowest BCUT2D eigenvalue weighted by Crippen LogP contribution is -2.38. The third-order valence-electron chi connectivity index (χ3n) is 3.09. The molecular weight excluding hydrogens is 228 g/mol. The van der Waals surface area contributed by atoms with Crippen molar-refractivity contribution in [2.24, 2.45) is 5.73 Å². The molecule has 0 bridgehead atoms. The second-order valence-electron chi connectivity index (χ2n) is 4.27. The number of nitrogens with zero attached hydrogens (tertiary/aromatic N) is 3. The van der Waals surface area contributed by atoms with Crippen molar-refractivity contribution >= 4 is 0 Å². The van der Waals surface area contributed by atoms with Crippen molar-refractivity contribution in [2.45, 2.75) is 25.5 Å². The van der Waals surface area contributed by atoms with Gasteiger partial charge in [-0.3, -0.25) is 4.68 Å². The van der Waals surface area contributed by atoms with E-state index in [0.29, 0.717) is 6.42 Å². The van der Waals surface area contributed by atoms with E-state index in [0.717, 1.165) is 17.9 Å². The first-order valence-electron chi connectivity index (χ1n) is 6.04. The topological polar surface area (TPSA) is 77.0 Å². The molecule has 96 valence electrons. The van der Waals surface area contributed by atoms with Gasteiger partial charge in [-0.2, -0.15) is 5.10 Å². The average Bonchev–Trinajstić information content (AvgIpc) is 2.86. The highest BCUT2D eigenvalue weighted by Crippen LogP contribution is 2.23.